The molecular weight excluding hydrogens is 310 g/mol. The topological polar surface area (TPSA) is 53.1 Å². The molecule has 1 atom stereocenters. The van der Waals surface area contributed by atoms with Gasteiger partial charge in [0.05, 0.1) is 11.1 Å². The summed E-state index contributed by atoms with van der Waals surface area (Å²) in [5.74, 6) is -0.551. The van der Waals surface area contributed by atoms with Crippen LogP contribution in [0.4, 0.5) is 0 Å². The Labute approximate surface area is 148 Å². The van der Waals surface area contributed by atoms with Crippen molar-refractivity contribution in [3.63, 3.8) is 0 Å². The van der Waals surface area contributed by atoms with E-state index in [0.29, 0.717) is 17.0 Å². The molecule has 1 aromatic heterocycles. The maximum atomic E-state index is 11.5. The average Bonchev–Trinajstić information content (AvgIpc) is 3.05. The summed E-state index contributed by atoms with van der Waals surface area (Å²) in [5, 5.41) is 10.4. The number of hydrogen-bond acceptors (Lipinski definition) is 1. The van der Waals surface area contributed by atoms with Crippen LogP contribution in [0.1, 0.15) is 54.7 Å². The van der Waals surface area contributed by atoms with E-state index in [0.717, 1.165) is 17.4 Å². The second kappa shape index (κ2) is 6.40. The van der Waals surface area contributed by atoms with E-state index in [4.69, 9.17) is 0 Å². The molecule has 0 aliphatic heterocycles. The van der Waals surface area contributed by atoms with Crippen LogP contribution in [0.5, 0.6) is 0 Å². The monoisotopic (exact) mass is 335 g/mol. The number of fused-ring (bicyclic) bond motifs is 1. The quantitative estimate of drug-likeness (QED) is 0.657. The highest BCUT2D eigenvalue weighted by Crippen LogP contribution is 2.42. The standard InChI is InChI=1S/C22H25NO2/c1-5-15-9-11-16(12-10-15)22(4,14(2)3)19-13-23-20-17(19)7-6-8-18(20)21(24)25/h6-14,23H,5H2,1-4H3,(H,24,25). The summed E-state index contributed by atoms with van der Waals surface area (Å²) in [7, 11) is 0. The zero-order chi connectivity index (χ0) is 18.2. The van der Waals surface area contributed by atoms with Crippen molar-refractivity contribution in [2.45, 2.75) is 39.5 Å². The van der Waals surface area contributed by atoms with Gasteiger partial charge in [-0.2, -0.15) is 0 Å². The zero-order valence-electron chi connectivity index (χ0n) is 15.3. The van der Waals surface area contributed by atoms with Crippen LogP contribution in [0.3, 0.4) is 0 Å². The predicted molar refractivity (Wildman–Crippen MR) is 102 cm³/mol. The summed E-state index contributed by atoms with van der Waals surface area (Å²) in [5.41, 5.74) is 4.52. The molecule has 0 bridgehead atoms. The smallest absolute Gasteiger partial charge is 0.337 e. The van der Waals surface area contributed by atoms with E-state index in [1.165, 1.54) is 11.1 Å². The van der Waals surface area contributed by atoms with Crippen LogP contribution >= 0.6 is 0 Å². The van der Waals surface area contributed by atoms with Gasteiger partial charge in [0, 0.05) is 17.0 Å². The molecule has 0 aliphatic carbocycles. The SMILES string of the molecule is CCc1ccc(C(C)(c2c[nH]c3c(C(=O)O)cccc23)C(C)C)cc1. The van der Waals surface area contributed by atoms with Crippen molar-refractivity contribution in [2.24, 2.45) is 5.92 Å². The molecule has 0 aliphatic rings. The summed E-state index contributed by atoms with van der Waals surface area (Å²) < 4.78 is 0. The number of aryl methyl sites for hydroxylation is 1. The summed E-state index contributed by atoms with van der Waals surface area (Å²) in [6.07, 6.45) is 3.00. The minimum absolute atomic E-state index is 0.207. The van der Waals surface area contributed by atoms with Gasteiger partial charge in [-0.25, -0.2) is 4.79 Å². The Morgan fingerprint density at radius 2 is 1.84 bits per heavy atom. The Morgan fingerprint density at radius 1 is 1.16 bits per heavy atom. The largest absolute Gasteiger partial charge is 0.478 e. The molecule has 1 unspecified atom stereocenters. The third-order valence-electron chi connectivity index (χ3n) is 5.62. The van der Waals surface area contributed by atoms with E-state index >= 15 is 0 Å². The van der Waals surface area contributed by atoms with Crippen LogP contribution in [-0.4, -0.2) is 16.1 Å². The summed E-state index contributed by atoms with van der Waals surface area (Å²) in [6.45, 7) is 8.83. The minimum atomic E-state index is -0.905. The molecule has 0 saturated carbocycles. The molecule has 0 amide bonds. The number of aromatic nitrogens is 1. The van der Waals surface area contributed by atoms with Crippen LogP contribution in [0.15, 0.2) is 48.7 Å². The molecule has 0 spiro atoms. The van der Waals surface area contributed by atoms with E-state index in [2.05, 4.69) is 56.9 Å². The van der Waals surface area contributed by atoms with Gasteiger partial charge in [-0.05, 0) is 35.1 Å². The number of carboxylic acids is 1. The fourth-order valence-electron chi connectivity index (χ4n) is 3.65. The molecule has 3 nitrogen and oxygen atoms in total. The highest BCUT2D eigenvalue weighted by atomic mass is 16.4. The molecule has 2 aromatic carbocycles. The molecule has 1 heterocycles. The Bertz CT molecular complexity index is 905. The number of rotatable bonds is 5. The van der Waals surface area contributed by atoms with Gasteiger partial charge in [0.15, 0.2) is 0 Å². The molecule has 3 rings (SSSR count). The van der Waals surface area contributed by atoms with Gasteiger partial charge >= 0.3 is 5.97 Å². The summed E-state index contributed by atoms with van der Waals surface area (Å²) in [6, 6.07) is 14.3. The van der Waals surface area contributed by atoms with E-state index in [1.54, 1.807) is 6.07 Å². The lowest BCUT2D eigenvalue weighted by atomic mass is 9.68. The van der Waals surface area contributed by atoms with Crippen LogP contribution in [0.2, 0.25) is 0 Å². The second-order valence-corrected chi connectivity index (χ2v) is 7.14. The molecule has 0 radical (unpaired) electrons. The number of nitrogens with one attached hydrogen (secondary N) is 1. The average molecular weight is 335 g/mol. The third kappa shape index (κ3) is 2.74. The Hall–Kier alpha value is -2.55. The maximum absolute atomic E-state index is 11.5. The number of para-hydroxylation sites is 1. The highest BCUT2D eigenvalue weighted by molar-refractivity contribution is 6.03. The van der Waals surface area contributed by atoms with Crippen molar-refractivity contribution in [1.29, 1.82) is 0 Å². The summed E-state index contributed by atoms with van der Waals surface area (Å²) >= 11 is 0. The van der Waals surface area contributed by atoms with Crippen molar-refractivity contribution in [1.82, 2.24) is 4.98 Å². The molecule has 3 aromatic rings. The number of carboxylic acid groups (broad SMARTS) is 1. The lowest BCUT2D eigenvalue weighted by Crippen LogP contribution is -2.30. The van der Waals surface area contributed by atoms with Crippen LogP contribution in [0.25, 0.3) is 10.9 Å². The lowest BCUT2D eigenvalue weighted by molar-refractivity contribution is 0.0699. The summed E-state index contributed by atoms with van der Waals surface area (Å²) in [4.78, 5) is 14.7. The van der Waals surface area contributed by atoms with Gasteiger partial charge < -0.3 is 10.1 Å². The van der Waals surface area contributed by atoms with Crippen molar-refractivity contribution >= 4 is 16.9 Å². The molecular formula is C22H25NO2. The predicted octanol–water partition coefficient (Wildman–Crippen LogP) is 5.39. The Morgan fingerprint density at radius 3 is 2.40 bits per heavy atom. The normalized spacial score (nSPS) is 14.0. The third-order valence-corrected chi connectivity index (χ3v) is 5.62. The number of H-pyrrole nitrogens is 1. The van der Waals surface area contributed by atoms with Gasteiger partial charge in [0.1, 0.15) is 0 Å². The van der Waals surface area contributed by atoms with Gasteiger partial charge in [-0.1, -0.05) is 64.1 Å². The molecule has 2 N–H and O–H groups in total. The molecule has 3 heteroatoms. The lowest BCUT2D eigenvalue weighted by Gasteiger charge is -2.35. The fourth-order valence-corrected chi connectivity index (χ4v) is 3.65. The first-order valence-electron chi connectivity index (χ1n) is 8.82. The first-order valence-corrected chi connectivity index (χ1v) is 8.82. The first kappa shape index (κ1) is 17.3. The van der Waals surface area contributed by atoms with Gasteiger partial charge in [0.25, 0.3) is 0 Å². The molecule has 0 fully saturated rings. The van der Waals surface area contributed by atoms with E-state index in [1.807, 2.05) is 18.3 Å². The van der Waals surface area contributed by atoms with Crippen LogP contribution in [-0.2, 0) is 11.8 Å². The van der Waals surface area contributed by atoms with Crippen LogP contribution < -0.4 is 0 Å². The number of benzene rings is 2. The molecule has 130 valence electrons. The number of aromatic carboxylic acids is 1. The van der Waals surface area contributed by atoms with E-state index in [-0.39, 0.29) is 5.41 Å². The first-order chi connectivity index (χ1) is 11.9. The number of hydrogen-bond donors (Lipinski definition) is 2. The molecule has 0 saturated heterocycles. The maximum Gasteiger partial charge on any atom is 0.337 e. The fraction of sp³-hybridized carbons (Fsp3) is 0.318. The van der Waals surface area contributed by atoms with Gasteiger partial charge in [-0.3, -0.25) is 0 Å². The van der Waals surface area contributed by atoms with Crippen molar-refractivity contribution in [2.75, 3.05) is 0 Å². The van der Waals surface area contributed by atoms with Crippen LogP contribution in [0, 0.1) is 5.92 Å². The highest BCUT2D eigenvalue weighted by Gasteiger charge is 2.35. The number of aromatic amines is 1. The second-order valence-electron chi connectivity index (χ2n) is 7.14. The number of carbonyl (C=O) groups is 1. The van der Waals surface area contributed by atoms with Crippen molar-refractivity contribution in [3.8, 4) is 0 Å². The Kier molecular flexibility index (Phi) is 4.42. The van der Waals surface area contributed by atoms with Crippen molar-refractivity contribution in [3.05, 3.63) is 70.9 Å². The van der Waals surface area contributed by atoms with Gasteiger partial charge in [-0.15, -0.1) is 0 Å². The Balaban J connectivity index is 2.23. The van der Waals surface area contributed by atoms with Gasteiger partial charge in [0.2, 0.25) is 0 Å². The minimum Gasteiger partial charge on any atom is -0.478 e. The van der Waals surface area contributed by atoms with E-state index in [9.17, 15) is 9.90 Å². The zero-order valence-corrected chi connectivity index (χ0v) is 15.3. The molecule has 25 heavy (non-hydrogen) atoms. The van der Waals surface area contributed by atoms with Crippen molar-refractivity contribution < 1.29 is 9.90 Å². The van der Waals surface area contributed by atoms with E-state index < -0.39 is 5.97 Å².